The molecule has 8 heteroatoms. The molecule has 1 aliphatic heterocycles. The van der Waals surface area contributed by atoms with Crippen LogP contribution in [0.5, 0.6) is 5.75 Å². The highest BCUT2D eigenvalue weighted by molar-refractivity contribution is 5.90. The molecule has 2 rings (SSSR count). The number of carbonyl (C=O) groups is 2. The van der Waals surface area contributed by atoms with Crippen molar-refractivity contribution in [3.05, 3.63) is 18.2 Å². The first kappa shape index (κ1) is 21.6. The quantitative estimate of drug-likeness (QED) is 0.409. The molecule has 1 unspecified atom stereocenters. The molecule has 0 aliphatic carbocycles. The molecule has 0 aromatic heterocycles. The minimum Gasteiger partial charge on any atom is -0.495 e. The summed E-state index contributed by atoms with van der Waals surface area (Å²) in [4.78, 5) is 25.9. The molecule has 26 heavy (non-hydrogen) atoms. The molecule has 1 aromatic carbocycles. The third-order valence-electron chi connectivity index (χ3n) is 4.00. The molecule has 1 aromatic rings. The van der Waals surface area contributed by atoms with Crippen LogP contribution >= 0.6 is 0 Å². The predicted molar refractivity (Wildman–Crippen MR) is 104 cm³/mol. The average molecular weight is 365 g/mol. The number of para-hydroxylation sites is 1. The Balaban J connectivity index is 0.00000105. The molecule has 5 N–H and O–H groups in total. The molecule has 1 aliphatic rings. The Bertz CT molecular complexity index is 608. The van der Waals surface area contributed by atoms with E-state index in [0.29, 0.717) is 30.1 Å². The van der Waals surface area contributed by atoms with Gasteiger partial charge in [0.15, 0.2) is 0 Å². The van der Waals surface area contributed by atoms with E-state index in [-0.39, 0.29) is 18.4 Å². The number of rotatable bonds is 5. The highest BCUT2D eigenvalue weighted by Gasteiger charge is 2.33. The second-order valence-electron chi connectivity index (χ2n) is 6.09. The standard InChI is InChI=1S/C15H23N5O3.C3H8/c1-18-15(22)11-6-4-8-19(11)13(21)9-20(17)10-5-3-7-12(23-2)14(10)16;1-3-2/h3,5,7,11H,4,6,8-9,16-17H2,1-2H3,(H,18,22);3H2,1-2H3. The van der Waals surface area contributed by atoms with Crippen LogP contribution in [0.4, 0.5) is 11.4 Å². The van der Waals surface area contributed by atoms with Crippen LogP contribution in [0, 0.1) is 0 Å². The zero-order valence-corrected chi connectivity index (χ0v) is 16.1. The smallest absolute Gasteiger partial charge is 0.244 e. The van der Waals surface area contributed by atoms with Gasteiger partial charge in [0, 0.05) is 13.6 Å². The predicted octanol–water partition coefficient (Wildman–Crippen LogP) is 1.11. The Hall–Kier alpha value is -2.48. The largest absolute Gasteiger partial charge is 0.495 e. The summed E-state index contributed by atoms with van der Waals surface area (Å²) in [6.45, 7) is 4.74. The summed E-state index contributed by atoms with van der Waals surface area (Å²) < 4.78 is 5.15. The van der Waals surface area contributed by atoms with E-state index in [1.54, 1.807) is 30.1 Å². The van der Waals surface area contributed by atoms with Crippen molar-refractivity contribution in [1.29, 1.82) is 0 Å². The number of hydrogen-bond donors (Lipinski definition) is 3. The van der Waals surface area contributed by atoms with Crippen molar-refractivity contribution >= 4 is 23.2 Å². The second kappa shape index (κ2) is 10.5. The van der Waals surface area contributed by atoms with E-state index in [1.807, 2.05) is 0 Å². The van der Waals surface area contributed by atoms with Gasteiger partial charge in [0.2, 0.25) is 11.8 Å². The molecule has 0 spiro atoms. The molecule has 1 heterocycles. The van der Waals surface area contributed by atoms with Gasteiger partial charge in [0.05, 0.1) is 18.5 Å². The summed E-state index contributed by atoms with van der Waals surface area (Å²) in [6.07, 6.45) is 2.72. The Kier molecular flexibility index (Phi) is 8.71. The number of benzene rings is 1. The first-order valence-corrected chi connectivity index (χ1v) is 8.86. The van der Waals surface area contributed by atoms with E-state index >= 15 is 0 Å². The number of ether oxygens (including phenoxy) is 1. The normalized spacial score (nSPS) is 15.7. The molecular weight excluding hydrogens is 334 g/mol. The first-order valence-electron chi connectivity index (χ1n) is 8.86. The Morgan fingerprint density at radius 2 is 2.04 bits per heavy atom. The molecule has 1 saturated heterocycles. The van der Waals surface area contributed by atoms with Gasteiger partial charge in [-0.15, -0.1) is 0 Å². The fourth-order valence-corrected chi connectivity index (χ4v) is 2.79. The van der Waals surface area contributed by atoms with Gasteiger partial charge in [-0.25, -0.2) is 5.84 Å². The minimum absolute atomic E-state index is 0.0646. The fourth-order valence-electron chi connectivity index (χ4n) is 2.79. The number of nitrogens with one attached hydrogen (secondary N) is 1. The topological polar surface area (TPSA) is 114 Å². The molecule has 2 amide bonds. The van der Waals surface area contributed by atoms with Gasteiger partial charge in [-0.3, -0.25) is 14.6 Å². The van der Waals surface area contributed by atoms with Crippen LogP contribution < -0.4 is 26.6 Å². The van der Waals surface area contributed by atoms with Gasteiger partial charge in [0.25, 0.3) is 0 Å². The zero-order valence-electron chi connectivity index (χ0n) is 16.1. The number of hydrazine groups is 1. The number of anilines is 2. The van der Waals surface area contributed by atoms with Crippen molar-refractivity contribution in [2.24, 2.45) is 5.84 Å². The summed E-state index contributed by atoms with van der Waals surface area (Å²) in [7, 11) is 3.08. The van der Waals surface area contributed by atoms with Gasteiger partial charge < -0.3 is 20.7 Å². The lowest BCUT2D eigenvalue weighted by molar-refractivity contribution is -0.137. The number of nitrogens with two attached hydrogens (primary N) is 2. The summed E-state index contributed by atoms with van der Waals surface area (Å²) in [6, 6.07) is 4.75. The Morgan fingerprint density at radius 1 is 1.38 bits per heavy atom. The van der Waals surface area contributed by atoms with Crippen LogP contribution in [0.1, 0.15) is 33.1 Å². The van der Waals surface area contributed by atoms with Crippen molar-refractivity contribution in [3.63, 3.8) is 0 Å². The summed E-state index contributed by atoms with van der Waals surface area (Å²) in [5, 5.41) is 3.86. The lowest BCUT2D eigenvalue weighted by Crippen LogP contribution is -2.49. The molecule has 146 valence electrons. The number of hydrogen-bond acceptors (Lipinski definition) is 6. The van der Waals surface area contributed by atoms with Gasteiger partial charge in [-0.1, -0.05) is 26.3 Å². The van der Waals surface area contributed by atoms with Crippen LogP contribution in [0.15, 0.2) is 18.2 Å². The molecule has 8 nitrogen and oxygen atoms in total. The summed E-state index contributed by atoms with van der Waals surface area (Å²) in [5.41, 5.74) is 6.86. The number of nitrogens with zero attached hydrogens (tertiary/aromatic N) is 2. The fraction of sp³-hybridized carbons (Fsp3) is 0.556. The van der Waals surface area contributed by atoms with Crippen molar-refractivity contribution < 1.29 is 14.3 Å². The minimum atomic E-state index is -0.427. The van der Waals surface area contributed by atoms with Crippen LogP contribution in [0.2, 0.25) is 0 Å². The molecular formula is C18H31N5O3. The third kappa shape index (κ3) is 5.26. The van der Waals surface area contributed by atoms with E-state index in [0.717, 1.165) is 6.42 Å². The highest BCUT2D eigenvalue weighted by atomic mass is 16.5. The van der Waals surface area contributed by atoms with Gasteiger partial charge in [0.1, 0.15) is 18.3 Å². The molecule has 1 atom stereocenters. The molecule has 1 fully saturated rings. The second-order valence-corrected chi connectivity index (χ2v) is 6.09. The van der Waals surface area contributed by atoms with E-state index < -0.39 is 6.04 Å². The van der Waals surface area contributed by atoms with Crippen molar-refractivity contribution in [2.45, 2.75) is 39.2 Å². The first-order chi connectivity index (χ1) is 12.4. The maximum Gasteiger partial charge on any atom is 0.244 e. The van der Waals surface area contributed by atoms with E-state index in [9.17, 15) is 9.59 Å². The monoisotopic (exact) mass is 365 g/mol. The maximum absolute atomic E-state index is 12.5. The lowest BCUT2D eigenvalue weighted by Gasteiger charge is -2.27. The number of carbonyl (C=O) groups excluding carboxylic acids is 2. The Morgan fingerprint density at radius 3 is 2.62 bits per heavy atom. The summed E-state index contributed by atoms with van der Waals surface area (Å²) >= 11 is 0. The van der Waals surface area contributed by atoms with E-state index in [4.69, 9.17) is 16.3 Å². The number of nitrogen functional groups attached to an aromatic ring is 1. The Labute approximate surface area is 155 Å². The summed E-state index contributed by atoms with van der Waals surface area (Å²) in [5.74, 6) is 6.13. The zero-order chi connectivity index (χ0) is 19.7. The van der Waals surface area contributed by atoms with Gasteiger partial charge in [-0.2, -0.15) is 0 Å². The average Bonchev–Trinajstić information content (AvgIpc) is 3.11. The number of amides is 2. The number of likely N-dealkylation sites (tertiary alicyclic amines) is 1. The van der Waals surface area contributed by atoms with E-state index in [1.165, 1.54) is 18.5 Å². The molecule has 0 radical (unpaired) electrons. The molecule has 0 bridgehead atoms. The van der Waals surface area contributed by atoms with Crippen molar-refractivity contribution in [1.82, 2.24) is 10.2 Å². The van der Waals surface area contributed by atoms with Gasteiger partial charge >= 0.3 is 0 Å². The number of methoxy groups -OCH3 is 1. The van der Waals surface area contributed by atoms with Crippen LogP contribution in [0.25, 0.3) is 0 Å². The van der Waals surface area contributed by atoms with Gasteiger partial charge in [-0.05, 0) is 25.0 Å². The van der Waals surface area contributed by atoms with Crippen LogP contribution in [0.3, 0.4) is 0 Å². The van der Waals surface area contributed by atoms with Crippen LogP contribution in [-0.2, 0) is 9.59 Å². The third-order valence-corrected chi connectivity index (χ3v) is 4.00. The maximum atomic E-state index is 12.5. The van der Waals surface area contributed by atoms with Crippen molar-refractivity contribution in [3.8, 4) is 5.75 Å². The van der Waals surface area contributed by atoms with Crippen molar-refractivity contribution in [2.75, 3.05) is 38.0 Å². The lowest BCUT2D eigenvalue weighted by atomic mass is 10.2. The number of likely N-dealkylation sites (N-methyl/N-ethyl adjacent to an activating group) is 1. The molecule has 0 saturated carbocycles. The van der Waals surface area contributed by atoms with Crippen LogP contribution in [-0.4, -0.2) is 50.0 Å². The highest BCUT2D eigenvalue weighted by Crippen LogP contribution is 2.30. The van der Waals surface area contributed by atoms with E-state index in [2.05, 4.69) is 19.2 Å². The SMILES string of the molecule is CCC.CNC(=O)C1CCCN1C(=O)CN(N)c1cccc(OC)c1N.